The van der Waals surface area contributed by atoms with Gasteiger partial charge in [-0.3, -0.25) is 4.72 Å². The summed E-state index contributed by atoms with van der Waals surface area (Å²) < 4.78 is 29.6. The van der Waals surface area contributed by atoms with Crippen LogP contribution >= 0.6 is 0 Å². The number of para-hydroxylation sites is 2. The lowest BCUT2D eigenvalue weighted by molar-refractivity contribution is 0.587. The third-order valence-electron chi connectivity index (χ3n) is 3.84. The molecule has 130 valence electrons. The molecule has 1 aromatic heterocycles. The Hall–Kier alpha value is -2.67. The first-order chi connectivity index (χ1) is 11.8. The highest BCUT2D eigenvalue weighted by atomic mass is 32.2. The molecule has 3 aromatic rings. The Morgan fingerprint density at radius 1 is 1.00 bits per heavy atom. The Bertz CT molecular complexity index is 957. The van der Waals surface area contributed by atoms with Crippen molar-refractivity contribution < 1.29 is 8.42 Å². The summed E-state index contributed by atoms with van der Waals surface area (Å²) >= 11 is 0. The minimum atomic E-state index is -3.70. The van der Waals surface area contributed by atoms with Gasteiger partial charge in [-0.25, -0.2) is 18.1 Å². The molecule has 2 aromatic carbocycles. The number of benzene rings is 2. The zero-order valence-electron chi connectivity index (χ0n) is 14.3. The van der Waals surface area contributed by atoms with E-state index in [0.717, 1.165) is 5.56 Å². The zero-order valence-corrected chi connectivity index (χ0v) is 15.2. The maximum atomic E-state index is 12.7. The summed E-state index contributed by atoms with van der Waals surface area (Å²) in [5.41, 5.74) is 2.09. The molecule has 0 unspecified atom stereocenters. The third kappa shape index (κ3) is 3.71. The fraction of sp³-hybridized carbons (Fsp3) is 0.222. The maximum Gasteiger partial charge on any atom is 0.261 e. The Morgan fingerprint density at radius 3 is 2.28 bits per heavy atom. The molecule has 0 spiro atoms. The van der Waals surface area contributed by atoms with Crippen LogP contribution in [0.5, 0.6) is 0 Å². The molecule has 0 amide bonds. The van der Waals surface area contributed by atoms with Crippen LogP contribution in [0.25, 0.3) is 5.69 Å². The van der Waals surface area contributed by atoms with Crippen LogP contribution in [0, 0.1) is 0 Å². The van der Waals surface area contributed by atoms with Crippen molar-refractivity contribution in [1.82, 2.24) is 14.8 Å². The molecule has 0 bridgehead atoms. The van der Waals surface area contributed by atoms with Crippen LogP contribution in [0.4, 0.5) is 5.69 Å². The van der Waals surface area contributed by atoms with Crippen molar-refractivity contribution in [3.05, 3.63) is 66.7 Å². The van der Waals surface area contributed by atoms with Gasteiger partial charge in [-0.05, 0) is 35.2 Å². The fourth-order valence-electron chi connectivity index (χ4n) is 2.43. The van der Waals surface area contributed by atoms with Gasteiger partial charge in [-0.15, -0.1) is 0 Å². The van der Waals surface area contributed by atoms with E-state index in [4.69, 9.17) is 0 Å². The van der Waals surface area contributed by atoms with Gasteiger partial charge in [-0.2, -0.15) is 5.10 Å². The number of nitrogens with zero attached hydrogens (tertiary/aromatic N) is 3. The van der Waals surface area contributed by atoms with Gasteiger partial charge < -0.3 is 0 Å². The van der Waals surface area contributed by atoms with Crippen LogP contribution in [-0.4, -0.2) is 23.2 Å². The molecule has 3 rings (SSSR count). The summed E-state index contributed by atoms with van der Waals surface area (Å²) in [5, 5.41) is 4.06. The second kappa shape index (κ2) is 6.33. The second-order valence-corrected chi connectivity index (χ2v) is 8.42. The Morgan fingerprint density at radius 2 is 1.68 bits per heavy atom. The monoisotopic (exact) mass is 356 g/mol. The molecular formula is C18H20N4O2S. The number of rotatable bonds is 4. The van der Waals surface area contributed by atoms with Crippen LogP contribution in [0.3, 0.4) is 0 Å². The molecular weight excluding hydrogens is 336 g/mol. The normalized spacial score (nSPS) is 12.1. The highest BCUT2D eigenvalue weighted by Gasteiger charge is 2.19. The lowest BCUT2D eigenvalue weighted by Crippen LogP contribution is -2.16. The lowest BCUT2D eigenvalue weighted by atomic mass is 9.87. The van der Waals surface area contributed by atoms with Crippen molar-refractivity contribution in [1.29, 1.82) is 0 Å². The Labute approximate surface area is 147 Å². The van der Waals surface area contributed by atoms with E-state index in [1.165, 1.54) is 17.3 Å². The molecule has 0 aliphatic carbocycles. The van der Waals surface area contributed by atoms with E-state index in [1.807, 2.05) is 18.2 Å². The highest BCUT2D eigenvalue weighted by molar-refractivity contribution is 7.92. The minimum Gasteiger partial charge on any atom is -0.277 e. The molecule has 1 N–H and O–H groups in total. The standard InChI is InChI=1S/C18H20N4O2S/c1-18(2,3)14-8-10-15(11-9-14)25(23,24)21-16-6-4-5-7-17(16)22-13-19-12-20-22/h4-13,21H,1-3H3. The summed E-state index contributed by atoms with van der Waals surface area (Å²) in [4.78, 5) is 4.12. The highest BCUT2D eigenvalue weighted by Crippen LogP contribution is 2.26. The van der Waals surface area contributed by atoms with Crippen molar-refractivity contribution in [3.8, 4) is 5.69 Å². The smallest absolute Gasteiger partial charge is 0.261 e. The van der Waals surface area contributed by atoms with Crippen molar-refractivity contribution >= 4 is 15.7 Å². The summed E-state index contributed by atoms with van der Waals surface area (Å²) in [5.74, 6) is 0. The molecule has 0 saturated carbocycles. The topological polar surface area (TPSA) is 76.9 Å². The molecule has 0 fully saturated rings. The van der Waals surface area contributed by atoms with Crippen LogP contribution in [0.2, 0.25) is 0 Å². The lowest BCUT2D eigenvalue weighted by Gasteiger charge is -2.19. The fourth-order valence-corrected chi connectivity index (χ4v) is 3.50. The number of hydrogen-bond donors (Lipinski definition) is 1. The molecule has 25 heavy (non-hydrogen) atoms. The molecule has 0 aliphatic rings. The number of anilines is 1. The first-order valence-electron chi connectivity index (χ1n) is 7.85. The second-order valence-electron chi connectivity index (χ2n) is 6.74. The summed E-state index contributed by atoms with van der Waals surface area (Å²) in [6.45, 7) is 6.26. The number of sulfonamides is 1. The van der Waals surface area contributed by atoms with E-state index < -0.39 is 10.0 Å². The molecule has 0 aliphatic heterocycles. The first kappa shape index (κ1) is 17.2. The molecule has 1 heterocycles. The van der Waals surface area contributed by atoms with E-state index >= 15 is 0 Å². The molecule has 6 nitrogen and oxygen atoms in total. The van der Waals surface area contributed by atoms with Gasteiger partial charge in [0.2, 0.25) is 0 Å². The predicted octanol–water partition coefficient (Wildman–Crippen LogP) is 3.37. The van der Waals surface area contributed by atoms with Gasteiger partial charge in [-0.1, -0.05) is 45.0 Å². The van der Waals surface area contributed by atoms with Crippen LogP contribution in [-0.2, 0) is 15.4 Å². The number of nitrogens with one attached hydrogen (secondary N) is 1. The van der Waals surface area contributed by atoms with Crippen molar-refractivity contribution in [2.24, 2.45) is 0 Å². The van der Waals surface area contributed by atoms with Crippen molar-refractivity contribution in [2.45, 2.75) is 31.1 Å². The van der Waals surface area contributed by atoms with Crippen LogP contribution < -0.4 is 4.72 Å². The SMILES string of the molecule is CC(C)(C)c1ccc(S(=O)(=O)Nc2ccccc2-n2cncn2)cc1. The summed E-state index contributed by atoms with van der Waals surface area (Å²) in [6, 6.07) is 14.0. The van der Waals surface area contributed by atoms with E-state index in [0.29, 0.717) is 11.4 Å². The molecule has 0 radical (unpaired) electrons. The molecule has 0 saturated heterocycles. The van der Waals surface area contributed by atoms with E-state index in [-0.39, 0.29) is 10.3 Å². The van der Waals surface area contributed by atoms with Gasteiger partial charge >= 0.3 is 0 Å². The van der Waals surface area contributed by atoms with Gasteiger partial charge in [0, 0.05) is 0 Å². The van der Waals surface area contributed by atoms with Crippen LogP contribution in [0.15, 0.2) is 66.1 Å². The largest absolute Gasteiger partial charge is 0.277 e. The van der Waals surface area contributed by atoms with E-state index in [9.17, 15) is 8.42 Å². The molecule has 7 heteroatoms. The van der Waals surface area contributed by atoms with Crippen molar-refractivity contribution in [3.63, 3.8) is 0 Å². The first-order valence-corrected chi connectivity index (χ1v) is 9.33. The number of hydrogen-bond acceptors (Lipinski definition) is 4. The maximum absolute atomic E-state index is 12.7. The van der Waals surface area contributed by atoms with E-state index in [2.05, 4.69) is 35.6 Å². The average Bonchev–Trinajstić information content (AvgIpc) is 3.09. The van der Waals surface area contributed by atoms with Gasteiger partial charge in [0.05, 0.1) is 16.3 Å². The van der Waals surface area contributed by atoms with Gasteiger partial charge in [0.15, 0.2) is 0 Å². The minimum absolute atomic E-state index is 0.0323. The van der Waals surface area contributed by atoms with Crippen molar-refractivity contribution in [2.75, 3.05) is 4.72 Å². The Kier molecular flexibility index (Phi) is 4.34. The van der Waals surface area contributed by atoms with E-state index in [1.54, 1.807) is 30.3 Å². The average molecular weight is 356 g/mol. The number of aromatic nitrogens is 3. The zero-order chi connectivity index (χ0) is 18.1. The van der Waals surface area contributed by atoms with Gasteiger partial charge in [0.1, 0.15) is 12.7 Å². The Balaban J connectivity index is 1.93. The van der Waals surface area contributed by atoms with Crippen LogP contribution in [0.1, 0.15) is 26.3 Å². The summed E-state index contributed by atoms with van der Waals surface area (Å²) in [6.07, 6.45) is 2.92. The predicted molar refractivity (Wildman–Crippen MR) is 97.3 cm³/mol. The quantitative estimate of drug-likeness (QED) is 0.777. The van der Waals surface area contributed by atoms with Gasteiger partial charge in [0.25, 0.3) is 10.0 Å². The molecule has 0 atom stereocenters. The summed E-state index contributed by atoms with van der Waals surface area (Å²) in [7, 11) is -3.70. The third-order valence-corrected chi connectivity index (χ3v) is 5.23.